The first-order valence-corrected chi connectivity index (χ1v) is 10.7. The molecular formula is C21H23N3O5S. The Morgan fingerprint density at radius 1 is 1.03 bits per heavy atom. The van der Waals surface area contributed by atoms with Crippen LogP contribution in [0.25, 0.3) is 5.69 Å². The van der Waals surface area contributed by atoms with Gasteiger partial charge in [0, 0.05) is 25.0 Å². The zero-order valence-electron chi connectivity index (χ0n) is 16.7. The summed E-state index contributed by atoms with van der Waals surface area (Å²) in [6.45, 7) is 0.368. The van der Waals surface area contributed by atoms with Gasteiger partial charge in [-0.3, -0.25) is 4.79 Å². The minimum absolute atomic E-state index is 0.0528. The van der Waals surface area contributed by atoms with Crippen LogP contribution in [-0.2, 0) is 16.4 Å². The number of nitrogens with one attached hydrogen (secondary N) is 1. The molecule has 30 heavy (non-hydrogen) atoms. The molecule has 0 atom stereocenters. The van der Waals surface area contributed by atoms with E-state index in [2.05, 4.69) is 5.32 Å². The van der Waals surface area contributed by atoms with Gasteiger partial charge in [0.1, 0.15) is 0 Å². The Kier molecular flexibility index (Phi) is 6.43. The van der Waals surface area contributed by atoms with E-state index in [1.165, 1.54) is 26.4 Å². The van der Waals surface area contributed by atoms with Gasteiger partial charge in [0.15, 0.2) is 11.5 Å². The number of hydrogen-bond acceptors (Lipinski definition) is 5. The van der Waals surface area contributed by atoms with Crippen LogP contribution in [0.3, 0.4) is 0 Å². The lowest BCUT2D eigenvalue weighted by atomic mass is 10.1. The van der Waals surface area contributed by atoms with Crippen LogP contribution in [0, 0.1) is 0 Å². The lowest BCUT2D eigenvalue weighted by Crippen LogP contribution is -2.27. The van der Waals surface area contributed by atoms with Crippen LogP contribution in [-0.4, -0.2) is 39.7 Å². The summed E-state index contributed by atoms with van der Waals surface area (Å²) in [6.07, 6.45) is 4.21. The molecule has 0 radical (unpaired) electrons. The summed E-state index contributed by atoms with van der Waals surface area (Å²) in [4.78, 5) is 12.9. The molecular weight excluding hydrogens is 406 g/mol. The average molecular weight is 429 g/mol. The fraction of sp³-hybridized carbons (Fsp3) is 0.190. The number of amides is 1. The second-order valence-corrected chi connectivity index (χ2v) is 8.07. The van der Waals surface area contributed by atoms with Gasteiger partial charge >= 0.3 is 0 Å². The maximum atomic E-state index is 12.9. The summed E-state index contributed by atoms with van der Waals surface area (Å²) >= 11 is 0. The van der Waals surface area contributed by atoms with E-state index < -0.39 is 10.0 Å². The molecule has 0 saturated heterocycles. The van der Waals surface area contributed by atoms with Crippen LogP contribution in [0.1, 0.15) is 15.9 Å². The number of hydrogen-bond donors (Lipinski definition) is 2. The van der Waals surface area contributed by atoms with E-state index in [1.807, 2.05) is 29.1 Å². The molecule has 1 amide bonds. The van der Waals surface area contributed by atoms with E-state index >= 15 is 0 Å². The predicted molar refractivity (Wildman–Crippen MR) is 113 cm³/mol. The highest BCUT2D eigenvalue weighted by Crippen LogP contribution is 2.32. The predicted octanol–water partition coefficient (Wildman–Crippen LogP) is 2.11. The summed E-state index contributed by atoms with van der Waals surface area (Å²) in [6, 6.07) is 13.4. The van der Waals surface area contributed by atoms with Crippen LogP contribution in [0.15, 0.2) is 65.8 Å². The fourth-order valence-corrected chi connectivity index (χ4v) is 3.54. The van der Waals surface area contributed by atoms with Crippen molar-refractivity contribution in [3.63, 3.8) is 0 Å². The van der Waals surface area contributed by atoms with Gasteiger partial charge in [-0.2, -0.15) is 0 Å². The molecule has 3 N–H and O–H groups in total. The highest BCUT2D eigenvalue weighted by atomic mass is 32.2. The van der Waals surface area contributed by atoms with Crippen molar-refractivity contribution in [3.05, 3.63) is 72.1 Å². The van der Waals surface area contributed by atoms with Gasteiger partial charge in [0.05, 0.1) is 30.4 Å². The topological polar surface area (TPSA) is 113 Å². The van der Waals surface area contributed by atoms with Crippen molar-refractivity contribution >= 4 is 15.9 Å². The van der Waals surface area contributed by atoms with Crippen LogP contribution in [0.2, 0.25) is 0 Å². The standard InChI is InChI=1S/C21H23N3O5S/c1-28-19-13-17(18(14-20(19)29-2)24-11-3-4-12-24)21(25)23-10-9-15-5-7-16(8-6-15)30(22,26)27/h3-8,11-14H,9-10H2,1-2H3,(H,23,25)(H2,22,26,27). The molecule has 3 rings (SSSR count). The molecule has 0 saturated carbocycles. The minimum atomic E-state index is -3.72. The molecule has 0 spiro atoms. The van der Waals surface area contributed by atoms with Crippen LogP contribution in [0.5, 0.6) is 11.5 Å². The van der Waals surface area contributed by atoms with E-state index in [1.54, 1.807) is 24.3 Å². The molecule has 0 fully saturated rings. The molecule has 0 unspecified atom stereocenters. The Morgan fingerprint density at radius 3 is 2.20 bits per heavy atom. The summed E-state index contributed by atoms with van der Waals surface area (Å²) in [5.74, 6) is 0.714. The number of benzene rings is 2. The average Bonchev–Trinajstić information content (AvgIpc) is 3.27. The number of carbonyl (C=O) groups excluding carboxylic acids is 1. The second kappa shape index (κ2) is 9.02. The quantitative estimate of drug-likeness (QED) is 0.570. The molecule has 1 heterocycles. The molecule has 0 aliphatic carbocycles. The number of carbonyl (C=O) groups is 1. The third-order valence-corrected chi connectivity index (χ3v) is 5.51. The van der Waals surface area contributed by atoms with Crippen molar-refractivity contribution in [2.24, 2.45) is 5.14 Å². The Labute approximate surface area is 175 Å². The molecule has 3 aromatic rings. The van der Waals surface area contributed by atoms with E-state index in [9.17, 15) is 13.2 Å². The molecule has 0 aliphatic heterocycles. The van der Waals surface area contributed by atoms with Gasteiger partial charge in [-0.25, -0.2) is 13.6 Å². The van der Waals surface area contributed by atoms with Crippen molar-refractivity contribution in [2.75, 3.05) is 20.8 Å². The van der Waals surface area contributed by atoms with Crippen molar-refractivity contribution in [2.45, 2.75) is 11.3 Å². The van der Waals surface area contributed by atoms with Gasteiger partial charge in [-0.05, 0) is 42.3 Å². The first-order valence-electron chi connectivity index (χ1n) is 9.13. The Balaban J connectivity index is 1.76. The number of rotatable bonds is 8. The normalized spacial score (nSPS) is 11.2. The molecule has 8 nitrogen and oxygen atoms in total. The van der Waals surface area contributed by atoms with Gasteiger partial charge in [0.2, 0.25) is 10.0 Å². The van der Waals surface area contributed by atoms with Gasteiger partial charge < -0.3 is 19.4 Å². The number of ether oxygens (including phenoxy) is 2. The zero-order valence-corrected chi connectivity index (χ0v) is 17.5. The number of nitrogens with zero attached hydrogens (tertiary/aromatic N) is 1. The highest BCUT2D eigenvalue weighted by molar-refractivity contribution is 7.89. The lowest BCUT2D eigenvalue weighted by Gasteiger charge is -2.16. The summed E-state index contributed by atoms with van der Waals surface area (Å²) in [5.41, 5.74) is 1.97. The van der Waals surface area contributed by atoms with Crippen molar-refractivity contribution in [3.8, 4) is 17.2 Å². The smallest absolute Gasteiger partial charge is 0.253 e. The highest BCUT2D eigenvalue weighted by Gasteiger charge is 2.18. The summed E-state index contributed by atoms with van der Waals surface area (Å²) in [7, 11) is -0.669. The van der Waals surface area contributed by atoms with Crippen LogP contribution >= 0.6 is 0 Å². The zero-order chi connectivity index (χ0) is 21.7. The van der Waals surface area contributed by atoms with E-state index in [0.717, 1.165) is 5.56 Å². The monoisotopic (exact) mass is 429 g/mol. The van der Waals surface area contributed by atoms with Crippen molar-refractivity contribution < 1.29 is 22.7 Å². The van der Waals surface area contributed by atoms with Gasteiger partial charge in [-0.1, -0.05) is 12.1 Å². The maximum absolute atomic E-state index is 12.9. The SMILES string of the molecule is COc1cc(C(=O)NCCc2ccc(S(N)(=O)=O)cc2)c(-n2cccc2)cc1OC. The minimum Gasteiger partial charge on any atom is -0.493 e. The first-order chi connectivity index (χ1) is 14.3. The van der Waals surface area contributed by atoms with Crippen molar-refractivity contribution in [1.29, 1.82) is 0 Å². The number of sulfonamides is 1. The first kappa shape index (κ1) is 21.4. The largest absolute Gasteiger partial charge is 0.493 e. The Morgan fingerprint density at radius 2 is 1.63 bits per heavy atom. The molecule has 0 aliphatic rings. The van der Waals surface area contributed by atoms with Crippen molar-refractivity contribution in [1.82, 2.24) is 9.88 Å². The third-order valence-electron chi connectivity index (χ3n) is 4.58. The lowest BCUT2D eigenvalue weighted by molar-refractivity contribution is 0.0953. The second-order valence-electron chi connectivity index (χ2n) is 6.51. The van der Waals surface area contributed by atoms with Gasteiger partial charge in [-0.15, -0.1) is 0 Å². The molecule has 2 aromatic carbocycles. The Hall–Kier alpha value is -3.30. The summed E-state index contributed by atoms with van der Waals surface area (Å²) < 4.78 is 35.2. The molecule has 158 valence electrons. The number of methoxy groups -OCH3 is 2. The van der Waals surface area contributed by atoms with E-state index in [0.29, 0.717) is 35.7 Å². The summed E-state index contributed by atoms with van der Waals surface area (Å²) in [5, 5.41) is 8.00. The van der Waals surface area contributed by atoms with E-state index in [-0.39, 0.29) is 10.8 Å². The molecule has 9 heteroatoms. The molecule has 0 bridgehead atoms. The maximum Gasteiger partial charge on any atom is 0.253 e. The van der Waals surface area contributed by atoms with Gasteiger partial charge in [0.25, 0.3) is 5.91 Å². The van der Waals surface area contributed by atoms with E-state index in [4.69, 9.17) is 14.6 Å². The fourth-order valence-electron chi connectivity index (χ4n) is 3.02. The Bertz CT molecular complexity index is 1120. The number of primary sulfonamides is 1. The molecule has 1 aromatic heterocycles. The third kappa shape index (κ3) is 4.81. The number of aromatic nitrogens is 1. The van der Waals surface area contributed by atoms with Crippen LogP contribution < -0.4 is 19.9 Å². The van der Waals surface area contributed by atoms with Crippen LogP contribution in [0.4, 0.5) is 0 Å². The number of nitrogens with two attached hydrogens (primary N) is 1.